The standard InChI is InChI=1S/C18H11ClN4O4S/c1-9-3-2-6-22-15(9)21-17-11(18(22)25)8-14(28-17)16(24)20-12-7-10(19)4-5-13(12)23(26)27/h2-8H,1H3,(H,20,24). The second-order valence-electron chi connectivity index (χ2n) is 6.00. The number of fused-ring (bicyclic) bond motifs is 2. The van der Waals surface area contributed by atoms with E-state index >= 15 is 0 Å². The van der Waals surface area contributed by atoms with Crippen molar-refractivity contribution in [1.29, 1.82) is 0 Å². The summed E-state index contributed by atoms with van der Waals surface area (Å²) in [6.45, 7) is 1.84. The molecule has 0 fully saturated rings. The van der Waals surface area contributed by atoms with Gasteiger partial charge in [-0.15, -0.1) is 11.3 Å². The van der Waals surface area contributed by atoms with E-state index in [9.17, 15) is 19.7 Å². The number of carbonyl (C=O) groups is 1. The fraction of sp³-hybridized carbons (Fsp3) is 0.0556. The van der Waals surface area contributed by atoms with Gasteiger partial charge in [-0.25, -0.2) is 4.98 Å². The number of nitrogens with one attached hydrogen (secondary N) is 1. The molecule has 0 spiro atoms. The molecule has 0 atom stereocenters. The third-order valence-electron chi connectivity index (χ3n) is 4.16. The molecule has 0 aliphatic rings. The maximum atomic E-state index is 12.7. The van der Waals surface area contributed by atoms with Gasteiger partial charge in [0.2, 0.25) is 0 Å². The molecule has 4 rings (SSSR count). The van der Waals surface area contributed by atoms with Gasteiger partial charge in [0.15, 0.2) is 0 Å². The lowest BCUT2D eigenvalue weighted by Crippen LogP contribution is -2.14. The number of pyridine rings is 1. The Balaban J connectivity index is 1.79. The van der Waals surface area contributed by atoms with Crippen molar-refractivity contribution < 1.29 is 9.72 Å². The average molecular weight is 415 g/mol. The molecule has 4 aromatic rings. The van der Waals surface area contributed by atoms with Crippen molar-refractivity contribution >= 4 is 56.1 Å². The fourth-order valence-corrected chi connectivity index (χ4v) is 3.91. The van der Waals surface area contributed by atoms with Crippen LogP contribution >= 0.6 is 22.9 Å². The Labute approximate surface area is 166 Å². The van der Waals surface area contributed by atoms with Crippen LogP contribution in [0.2, 0.25) is 5.02 Å². The van der Waals surface area contributed by atoms with Crippen molar-refractivity contribution in [3.05, 3.63) is 78.5 Å². The Morgan fingerprint density at radius 2 is 2.11 bits per heavy atom. The average Bonchev–Trinajstić information content (AvgIpc) is 3.07. The monoisotopic (exact) mass is 414 g/mol. The van der Waals surface area contributed by atoms with Crippen molar-refractivity contribution in [3.8, 4) is 0 Å². The zero-order valence-electron chi connectivity index (χ0n) is 14.3. The van der Waals surface area contributed by atoms with Gasteiger partial charge in [0.25, 0.3) is 17.2 Å². The van der Waals surface area contributed by atoms with E-state index in [4.69, 9.17) is 11.6 Å². The Hall–Kier alpha value is -3.30. The summed E-state index contributed by atoms with van der Waals surface area (Å²) in [5.74, 6) is -0.585. The summed E-state index contributed by atoms with van der Waals surface area (Å²) in [5, 5.41) is 14.2. The van der Waals surface area contributed by atoms with Crippen LogP contribution in [-0.2, 0) is 0 Å². The van der Waals surface area contributed by atoms with E-state index in [1.54, 1.807) is 12.3 Å². The Kier molecular flexibility index (Phi) is 4.33. The quantitative estimate of drug-likeness (QED) is 0.402. The number of nitrogens with zero attached hydrogens (tertiary/aromatic N) is 3. The molecule has 10 heteroatoms. The van der Waals surface area contributed by atoms with Gasteiger partial charge >= 0.3 is 0 Å². The largest absolute Gasteiger partial charge is 0.315 e. The van der Waals surface area contributed by atoms with E-state index in [0.29, 0.717) is 15.9 Å². The highest BCUT2D eigenvalue weighted by molar-refractivity contribution is 7.20. The molecule has 0 aliphatic carbocycles. The molecule has 1 amide bonds. The zero-order valence-corrected chi connectivity index (χ0v) is 15.9. The van der Waals surface area contributed by atoms with Crippen LogP contribution in [0.5, 0.6) is 0 Å². The minimum atomic E-state index is -0.611. The SMILES string of the molecule is Cc1cccn2c(=O)c3cc(C(=O)Nc4cc(Cl)ccc4[N+](=O)[O-])sc3nc12. The second-order valence-corrected chi connectivity index (χ2v) is 7.47. The summed E-state index contributed by atoms with van der Waals surface area (Å²) in [6, 6.07) is 8.91. The third kappa shape index (κ3) is 3.00. The van der Waals surface area contributed by atoms with Crippen LogP contribution < -0.4 is 10.9 Å². The van der Waals surface area contributed by atoms with Gasteiger partial charge in [-0.3, -0.25) is 24.1 Å². The molecule has 0 radical (unpaired) electrons. The number of aromatic nitrogens is 2. The number of nitro groups is 1. The van der Waals surface area contributed by atoms with Gasteiger partial charge in [-0.2, -0.15) is 0 Å². The molecule has 28 heavy (non-hydrogen) atoms. The molecule has 0 bridgehead atoms. The molecular weight excluding hydrogens is 404 g/mol. The normalized spacial score (nSPS) is 11.1. The molecule has 1 aromatic carbocycles. The maximum Gasteiger partial charge on any atom is 0.292 e. The van der Waals surface area contributed by atoms with Crippen LogP contribution in [0.4, 0.5) is 11.4 Å². The van der Waals surface area contributed by atoms with Gasteiger partial charge in [0.05, 0.1) is 15.2 Å². The highest BCUT2D eigenvalue weighted by Crippen LogP contribution is 2.29. The van der Waals surface area contributed by atoms with Gasteiger partial charge in [-0.05, 0) is 36.8 Å². The summed E-state index contributed by atoms with van der Waals surface area (Å²) in [6.07, 6.45) is 1.61. The van der Waals surface area contributed by atoms with Crippen LogP contribution in [0.25, 0.3) is 15.9 Å². The number of aryl methyl sites for hydroxylation is 1. The van der Waals surface area contributed by atoms with E-state index in [1.165, 1.54) is 28.7 Å². The first-order valence-corrected chi connectivity index (χ1v) is 9.21. The molecule has 0 saturated carbocycles. The van der Waals surface area contributed by atoms with Crippen LogP contribution in [-0.4, -0.2) is 20.2 Å². The van der Waals surface area contributed by atoms with Gasteiger partial charge in [0, 0.05) is 17.3 Å². The summed E-state index contributed by atoms with van der Waals surface area (Å²) in [5.41, 5.74) is 0.756. The first-order valence-electron chi connectivity index (χ1n) is 8.02. The van der Waals surface area contributed by atoms with E-state index in [-0.39, 0.29) is 26.8 Å². The Morgan fingerprint density at radius 3 is 2.86 bits per heavy atom. The first kappa shape index (κ1) is 18.1. The number of benzene rings is 1. The first-order chi connectivity index (χ1) is 13.3. The second kappa shape index (κ2) is 6.70. The number of thiophene rings is 1. The van der Waals surface area contributed by atoms with Crippen molar-refractivity contribution in [3.63, 3.8) is 0 Å². The van der Waals surface area contributed by atoms with E-state index < -0.39 is 10.8 Å². The Bertz CT molecular complexity index is 1340. The van der Waals surface area contributed by atoms with Crippen molar-refractivity contribution in [2.45, 2.75) is 6.92 Å². The molecule has 0 aliphatic heterocycles. The minimum absolute atomic E-state index is 0.0226. The smallest absolute Gasteiger partial charge is 0.292 e. The van der Waals surface area contributed by atoms with E-state index in [2.05, 4.69) is 10.3 Å². The summed E-state index contributed by atoms with van der Waals surface area (Å²) < 4.78 is 1.42. The topological polar surface area (TPSA) is 107 Å². The van der Waals surface area contributed by atoms with Gasteiger partial charge in [-0.1, -0.05) is 17.7 Å². The number of rotatable bonds is 3. The fourth-order valence-electron chi connectivity index (χ4n) is 2.82. The Morgan fingerprint density at radius 1 is 1.32 bits per heavy atom. The highest BCUT2D eigenvalue weighted by Gasteiger charge is 2.20. The number of hydrogen-bond acceptors (Lipinski definition) is 6. The molecule has 3 heterocycles. The van der Waals surface area contributed by atoms with E-state index in [0.717, 1.165) is 16.9 Å². The lowest BCUT2D eigenvalue weighted by atomic mass is 10.2. The van der Waals surface area contributed by atoms with Gasteiger partial charge < -0.3 is 5.32 Å². The molecule has 1 N–H and O–H groups in total. The summed E-state index contributed by atoms with van der Waals surface area (Å²) in [4.78, 5) is 41.0. The van der Waals surface area contributed by atoms with Crippen LogP contribution in [0.15, 0.2) is 47.4 Å². The van der Waals surface area contributed by atoms with Gasteiger partial charge in [0.1, 0.15) is 16.2 Å². The minimum Gasteiger partial charge on any atom is -0.315 e. The molecule has 140 valence electrons. The van der Waals surface area contributed by atoms with Crippen LogP contribution in [0, 0.1) is 17.0 Å². The molecular formula is C18H11ClN4O4S. The molecule has 8 nitrogen and oxygen atoms in total. The molecule has 3 aromatic heterocycles. The number of anilines is 1. The lowest BCUT2D eigenvalue weighted by molar-refractivity contribution is -0.383. The number of hydrogen-bond donors (Lipinski definition) is 1. The summed E-state index contributed by atoms with van der Waals surface area (Å²) in [7, 11) is 0. The number of amides is 1. The van der Waals surface area contributed by atoms with Crippen molar-refractivity contribution in [2.75, 3.05) is 5.32 Å². The predicted octanol–water partition coefficient (Wildman–Crippen LogP) is 4.03. The number of carbonyl (C=O) groups excluding carboxylic acids is 1. The maximum absolute atomic E-state index is 12.7. The van der Waals surface area contributed by atoms with Crippen molar-refractivity contribution in [1.82, 2.24) is 9.38 Å². The molecule has 0 unspecified atom stereocenters. The predicted molar refractivity (Wildman–Crippen MR) is 108 cm³/mol. The van der Waals surface area contributed by atoms with E-state index in [1.807, 2.05) is 13.0 Å². The molecule has 0 saturated heterocycles. The van der Waals surface area contributed by atoms with Crippen LogP contribution in [0.3, 0.4) is 0 Å². The summed E-state index contributed by atoms with van der Waals surface area (Å²) >= 11 is 6.93. The van der Waals surface area contributed by atoms with Crippen molar-refractivity contribution in [2.24, 2.45) is 0 Å². The number of nitro benzene ring substituents is 1. The highest BCUT2D eigenvalue weighted by atomic mass is 35.5. The number of halogens is 1. The third-order valence-corrected chi connectivity index (χ3v) is 5.42. The van der Waals surface area contributed by atoms with Crippen LogP contribution in [0.1, 0.15) is 15.2 Å². The lowest BCUT2D eigenvalue weighted by Gasteiger charge is -2.05. The zero-order chi connectivity index (χ0) is 20.0.